The van der Waals surface area contributed by atoms with Gasteiger partial charge in [-0.3, -0.25) is 4.79 Å². The van der Waals surface area contributed by atoms with Crippen molar-refractivity contribution < 1.29 is 4.79 Å². The average Bonchev–Trinajstić information content (AvgIpc) is 2.38. The number of aromatic nitrogens is 1. The Balaban J connectivity index is 2.21. The highest BCUT2D eigenvalue weighted by Crippen LogP contribution is 2.05. The number of carbonyl (C=O) groups excluding carboxylic acids is 1. The molecule has 1 heterocycles. The fourth-order valence-corrected chi connectivity index (χ4v) is 1.61. The summed E-state index contributed by atoms with van der Waals surface area (Å²) in [6.07, 6.45) is 3.74. The molecule has 0 fully saturated rings. The number of nitrogens with zero attached hydrogens (tertiary/aromatic N) is 2. The van der Waals surface area contributed by atoms with Crippen LogP contribution in [0.25, 0.3) is 0 Å². The third-order valence-corrected chi connectivity index (χ3v) is 3.17. The minimum atomic E-state index is -0.448. The van der Waals surface area contributed by atoms with Gasteiger partial charge in [0.25, 0.3) is 0 Å². The first-order valence-electron chi connectivity index (χ1n) is 6.70. The van der Waals surface area contributed by atoms with E-state index in [1.807, 2.05) is 0 Å². The van der Waals surface area contributed by atoms with Crippen molar-refractivity contribution in [2.75, 3.05) is 25.5 Å². The van der Waals surface area contributed by atoms with Gasteiger partial charge >= 0.3 is 0 Å². The number of nitrogens with one attached hydrogen (secondary N) is 1. The van der Waals surface area contributed by atoms with E-state index in [1.165, 1.54) is 6.20 Å². The number of hydrogen-bond acceptors (Lipinski definition) is 4. The molecule has 106 valence electrons. The molecule has 1 aromatic heterocycles. The molecule has 0 aliphatic carbocycles. The number of hydrogen-bond donors (Lipinski definition) is 2. The second kappa shape index (κ2) is 7.74. The summed E-state index contributed by atoms with van der Waals surface area (Å²) in [4.78, 5) is 17.4. The zero-order valence-electron chi connectivity index (χ0n) is 12.0. The lowest BCUT2D eigenvalue weighted by atomic mass is 10.2. The highest BCUT2D eigenvalue weighted by atomic mass is 16.1. The Labute approximate surface area is 115 Å². The summed E-state index contributed by atoms with van der Waals surface area (Å²) in [5, 5.41) is 3.23. The Bertz CT molecular complexity index is 389. The number of amides is 1. The fraction of sp³-hybridized carbons (Fsp3) is 0.571. The molecule has 0 saturated carbocycles. The van der Waals surface area contributed by atoms with E-state index >= 15 is 0 Å². The maximum Gasteiger partial charge on any atom is 0.250 e. The minimum absolute atomic E-state index is 0.434. The van der Waals surface area contributed by atoms with Crippen LogP contribution < -0.4 is 11.1 Å². The normalized spacial score (nSPS) is 11.0. The van der Waals surface area contributed by atoms with E-state index in [-0.39, 0.29) is 0 Å². The topological polar surface area (TPSA) is 71.2 Å². The summed E-state index contributed by atoms with van der Waals surface area (Å²) in [6.45, 7) is 6.38. The molecule has 0 aliphatic rings. The van der Waals surface area contributed by atoms with Gasteiger partial charge in [-0.2, -0.15) is 0 Å². The molecule has 0 atom stereocenters. The molecule has 0 unspecified atom stereocenters. The Morgan fingerprint density at radius 3 is 2.68 bits per heavy atom. The summed E-state index contributed by atoms with van der Waals surface area (Å²) in [5.74, 6) is 0.331. The molecule has 0 spiro atoms. The molecule has 0 radical (unpaired) electrons. The van der Waals surface area contributed by atoms with Gasteiger partial charge in [-0.1, -0.05) is 0 Å². The second-order valence-corrected chi connectivity index (χ2v) is 5.00. The van der Waals surface area contributed by atoms with E-state index in [9.17, 15) is 4.79 Å². The van der Waals surface area contributed by atoms with Crippen LogP contribution in [0.15, 0.2) is 18.3 Å². The number of unbranched alkanes of at least 4 members (excludes halogenated alkanes) is 1. The van der Waals surface area contributed by atoms with Crippen LogP contribution in [0.1, 0.15) is 37.0 Å². The van der Waals surface area contributed by atoms with Crippen molar-refractivity contribution in [3.63, 3.8) is 0 Å². The van der Waals surface area contributed by atoms with E-state index in [4.69, 9.17) is 5.73 Å². The predicted molar refractivity (Wildman–Crippen MR) is 78.2 cm³/mol. The smallest absolute Gasteiger partial charge is 0.250 e. The predicted octanol–water partition coefficient (Wildman–Crippen LogP) is 1.71. The van der Waals surface area contributed by atoms with E-state index in [1.54, 1.807) is 12.1 Å². The van der Waals surface area contributed by atoms with Crippen molar-refractivity contribution in [3.8, 4) is 0 Å². The van der Waals surface area contributed by atoms with Crippen molar-refractivity contribution in [2.45, 2.75) is 32.7 Å². The number of anilines is 1. The van der Waals surface area contributed by atoms with Crippen LogP contribution in [0.4, 0.5) is 5.82 Å². The molecule has 0 saturated heterocycles. The van der Waals surface area contributed by atoms with Gasteiger partial charge in [0.2, 0.25) is 5.91 Å². The first-order chi connectivity index (χ1) is 9.00. The molecule has 5 heteroatoms. The van der Waals surface area contributed by atoms with Crippen LogP contribution >= 0.6 is 0 Å². The van der Waals surface area contributed by atoms with Crippen molar-refractivity contribution in [2.24, 2.45) is 5.73 Å². The Morgan fingerprint density at radius 2 is 2.16 bits per heavy atom. The number of pyridine rings is 1. The molecule has 0 bridgehead atoms. The summed E-state index contributed by atoms with van der Waals surface area (Å²) >= 11 is 0. The SMILES string of the molecule is CC(C)N(C)CCCCNc1ccc(C(N)=O)cn1. The van der Waals surface area contributed by atoms with Gasteiger partial charge in [-0.25, -0.2) is 4.98 Å². The highest BCUT2D eigenvalue weighted by molar-refractivity contribution is 5.92. The summed E-state index contributed by atoms with van der Waals surface area (Å²) in [6, 6.07) is 4.06. The van der Waals surface area contributed by atoms with Gasteiger partial charge in [0.1, 0.15) is 5.82 Å². The molecule has 1 aromatic rings. The molecule has 0 aliphatic heterocycles. The maximum absolute atomic E-state index is 10.9. The van der Waals surface area contributed by atoms with Crippen molar-refractivity contribution in [1.82, 2.24) is 9.88 Å². The summed E-state index contributed by atoms with van der Waals surface area (Å²) < 4.78 is 0. The van der Waals surface area contributed by atoms with E-state index < -0.39 is 5.91 Å². The largest absolute Gasteiger partial charge is 0.370 e. The van der Waals surface area contributed by atoms with Gasteiger partial charge < -0.3 is 16.0 Å². The zero-order chi connectivity index (χ0) is 14.3. The number of rotatable bonds is 8. The first kappa shape index (κ1) is 15.4. The Morgan fingerprint density at radius 1 is 1.42 bits per heavy atom. The molecule has 0 aromatic carbocycles. The first-order valence-corrected chi connectivity index (χ1v) is 6.70. The van der Waals surface area contributed by atoms with Crippen molar-refractivity contribution in [1.29, 1.82) is 0 Å². The Kier molecular flexibility index (Phi) is 6.29. The monoisotopic (exact) mass is 264 g/mol. The highest BCUT2D eigenvalue weighted by Gasteiger charge is 2.02. The number of primary amides is 1. The van der Waals surface area contributed by atoms with Gasteiger partial charge in [0, 0.05) is 18.8 Å². The number of nitrogens with two attached hydrogens (primary N) is 1. The fourth-order valence-electron chi connectivity index (χ4n) is 1.61. The molecule has 1 rings (SSSR count). The molecule has 3 N–H and O–H groups in total. The minimum Gasteiger partial charge on any atom is -0.370 e. The van der Waals surface area contributed by atoms with Crippen LogP contribution in [0.3, 0.4) is 0 Å². The standard InChI is InChI=1S/C14H24N4O/c1-11(2)18(3)9-5-4-8-16-13-7-6-12(10-17-13)14(15)19/h6-7,10-11H,4-5,8-9H2,1-3H3,(H2,15,19)(H,16,17). The summed E-state index contributed by atoms with van der Waals surface area (Å²) in [5.41, 5.74) is 5.59. The van der Waals surface area contributed by atoms with Gasteiger partial charge in [0.15, 0.2) is 0 Å². The van der Waals surface area contributed by atoms with Crippen LogP contribution in [0.5, 0.6) is 0 Å². The van der Waals surface area contributed by atoms with Crippen LogP contribution in [0.2, 0.25) is 0 Å². The molecule has 1 amide bonds. The van der Waals surface area contributed by atoms with Crippen LogP contribution in [-0.2, 0) is 0 Å². The summed E-state index contributed by atoms with van der Waals surface area (Å²) in [7, 11) is 2.14. The molecular formula is C14H24N4O. The Hall–Kier alpha value is -1.62. The third-order valence-electron chi connectivity index (χ3n) is 3.17. The van der Waals surface area contributed by atoms with Gasteiger partial charge in [-0.05, 0) is 52.4 Å². The second-order valence-electron chi connectivity index (χ2n) is 5.00. The van der Waals surface area contributed by atoms with Gasteiger partial charge in [0.05, 0.1) is 5.56 Å². The van der Waals surface area contributed by atoms with Crippen LogP contribution in [-0.4, -0.2) is 42.0 Å². The van der Waals surface area contributed by atoms with E-state index in [0.29, 0.717) is 11.6 Å². The lowest BCUT2D eigenvalue weighted by Crippen LogP contribution is -2.27. The molecule has 5 nitrogen and oxygen atoms in total. The number of carbonyl (C=O) groups is 1. The quantitative estimate of drug-likeness (QED) is 0.701. The lowest BCUT2D eigenvalue weighted by Gasteiger charge is -2.20. The molecule has 19 heavy (non-hydrogen) atoms. The lowest BCUT2D eigenvalue weighted by molar-refractivity contribution is 0.1000. The van der Waals surface area contributed by atoms with E-state index in [0.717, 1.165) is 31.7 Å². The van der Waals surface area contributed by atoms with Gasteiger partial charge in [-0.15, -0.1) is 0 Å². The molecular weight excluding hydrogens is 240 g/mol. The van der Waals surface area contributed by atoms with Crippen molar-refractivity contribution >= 4 is 11.7 Å². The van der Waals surface area contributed by atoms with Crippen molar-refractivity contribution in [3.05, 3.63) is 23.9 Å². The zero-order valence-corrected chi connectivity index (χ0v) is 12.0. The third kappa shape index (κ3) is 5.70. The van der Waals surface area contributed by atoms with E-state index in [2.05, 4.69) is 36.1 Å². The van der Waals surface area contributed by atoms with Crippen LogP contribution in [0, 0.1) is 0 Å². The average molecular weight is 264 g/mol. The maximum atomic E-state index is 10.9.